The van der Waals surface area contributed by atoms with Gasteiger partial charge in [0.25, 0.3) is 5.91 Å². The van der Waals surface area contributed by atoms with Crippen LogP contribution in [0.3, 0.4) is 0 Å². The number of aliphatic hydroxyl groups is 1. The zero-order chi connectivity index (χ0) is 33.6. The maximum Gasteiger partial charge on any atom is 0.414 e. The van der Waals surface area contributed by atoms with Crippen LogP contribution in [0.25, 0.3) is 0 Å². The van der Waals surface area contributed by atoms with Gasteiger partial charge in [0, 0.05) is 35.5 Å². The van der Waals surface area contributed by atoms with E-state index in [0.717, 1.165) is 22.4 Å². The second-order valence-electron chi connectivity index (χ2n) is 13.5. The molecule has 3 aliphatic heterocycles. The summed E-state index contributed by atoms with van der Waals surface area (Å²) < 4.78 is 30.0. The molecule has 48 heavy (non-hydrogen) atoms. The largest absolute Gasteiger partial charge is 0.447 e. The predicted molar refractivity (Wildman–Crippen MR) is 181 cm³/mol. The summed E-state index contributed by atoms with van der Waals surface area (Å²) in [5.74, 6) is -0.925. The number of fused-ring (bicyclic) bond motifs is 2. The number of cyclic esters (lactones) is 1. The SMILES string of the molecule is C[C@H]1[C@H]([Si](C)(C)F)[C@@H](CCn2cc(C(CO)c3ccccc3)nn2)O[C@]12C(=O)N(Cc1cccc(N3CCOC3=O)c1)c1ccccc12. The number of aliphatic hydroxyl groups excluding tert-OH is 1. The lowest BCUT2D eigenvalue weighted by Gasteiger charge is -2.31. The van der Waals surface area contributed by atoms with Crippen molar-refractivity contribution in [2.24, 2.45) is 5.92 Å². The van der Waals surface area contributed by atoms with Gasteiger partial charge in [0.2, 0.25) is 8.41 Å². The third kappa shape index (κ3) is 5.51. The third-order valence-corrected chi connectivity index (χ3v) is 12.6. The Hall–Kier alpha value is -4.39. The molecule has 7 rings (SSSR count). The number of para-hydroxylation sites is 1. The lowest BCUT2D eigenvalue weighted by atomic mass is 9.82. The Labute approximate surface area is 280 Å². The van der Waals surface area contributed by atoms with E-state index in [1.165, 1.54) is 0 Å². The Kier molecular flexibility index (Phi) is 8.42. The van der Waals surface area contributed by atoms with E-state index < -0.39 is 31.6 Å². The summed E-state index contributed by atoms with van der Waals surface area (Å²) in [5, 5.41) is 18.8. The molecule has 2 amide bonds. The van der Waals surface area contributed by atoms with Gasteiger partial charge in [-0.15, -0.1) is 5.10 Å². The minimum Gasteiger partial charge on any atom is -0.447 e. The first kappa shape index (κ1) is 32.2. The maximum absolute atomic E-state index is 16.3. The van der Waals surface area contributed by atoms with Crippen LogP contribution in [0, 0.1) is 5.92 Å². The molecular weight excluding hydrogens is 630 g/mol. The van der Waals surface area contributed by atoms with E-state index >= 15 is 4.11 Å². The van der Waals surface area contributed by atoms with Gasteiger partial charge < -0.3 is 23.6 Å². The first-order valence-electron chi connectivity index (χ1n) is 16.5. The van der Waals surface area contributed by atoms with Crippen molar-refractivity contribution in [2.75, 3.05) is 29.6 Å². The smallest absolute Gasteiger partial charge is 0.414 e. The Bertz CT molecular complexity index is 1820. The fourth-order valence-electron chi connectivity index (χ4n) is 7.96. The van der Waals surface area contributed by atoms with E-state index in [2.05, 4.69) is 10.3 Å². The maximum atomic E-state index is 16.3. The van der Waals surface area contributed by atoms with Gasteiger partial charge in [-0.3, -0.25) is 14.4 Å². The fourth-order valence-corrected chi connectivity index (χ4v) is 10.5. The molecule has 1 spiro atoms. The van der Waals surface area contributed by atoms with Gasteiger partial charge in [0.05, 0.1) is 43.1 Å². The normalized spacial score (nSPS) is 24.4. The summed E-state index contributed by atoms with van der Waals surface area (Å²) in [7, 11) is -3.34. The topological polar surface area (TPSA) is 110 Å². The zero-order valence-corrected chi connectivity index (χ0v) is 28.3. The fraction of sp³-hybridized carbons (Fsp3) is 0.389. The number of carbonyl (C=O) groups excluding carboxylic acids is 2. The number of nitrogens with zero attached hydrogens (tertiary/aromatic N) is 5. The summed E-state index contributed by atoms with van der Waals surface area (Å²) in [6.07, 6.45) is 1.35. The van der Waals surface area contributed by atoms with Crippen LogP contribution in [-0.2, 0) is 33.0 Å². The van der Waals surface area contributed by atoms with Gasteiger partial charge in [-0.2, -0.15) is 0 Å². The molecule has 0 aliphatic carbocycles. The molecule has 0 radical (unpaired) electrons. The van der Waals surface area contributed by atoms with Crippen molar-refractivity contribution in [3.05, 3.63) is 107 Å². The second kappa shape index (κ2) is 12.6. The molecule has 2 fully saturated rings. The van der Waals surface area contributed by atoms with Crippen molar-refractivity contribution in [3.63, 3.8) is 0 Å². The highest BCUT2D eigenvalue weighted by atomic mass is 28.4. The molecule has 2 saturated heterocycles. The molecule has 4 aromatic rings. The molecule has 4 heterocycles. The van der Waals surface area contributed by atoms with Crippen molar-refractivity contribution < 1.29 is 28.3 Å². The molecule has 12 heteroatoms. The van der Waals surface area contributed by atoms with Gasteiger partial charge in [-0.1, -0.05) is 72.8 Å². The summed E-state index contributed by atoms with van der Waals surface area (Å²) in [6, 6.07) is 24.9. The van der Waals surface area contributed by atoms with E-state index in [1.54, 1.807) is 27.6 Å². The molecule has 0 bridgehead atoms. The van der Waals surface area contributed by atoms with Crippen molar-refractivity contribution in [1.29, 1.82) is 0 Å². The zero-order valence-electron chi connectivity index (χ0n) is 27.3. The van der Waals surface area contributed by atoms with Crippen LogP contribution in [-0.4, -0.2) is 66.4 Å². The number of ether oxygens (including phenoxy) is 2. The average Bonchev–Trinajstić information content (AvgIpc) is 3.84. The van der Waals surface area contributed by atoms with Crippen molar-refractivity contribution in [1.82, 2.24) is 15.0 Å². The number of rotatable bonds is 10. The Morgan fingerprint density at radius 2 is 1.83 bits per heavy atom. The standard InChI is InChI=1S/C36H40FN5O5Si/c1-24-33(48(2,3)37)32(16-17-40-22-30(38-39-40)28(23-43)26-11-5-4-6-12-26)47-36(24)29-14-7-8-15-31(29)42(34(36)44)21-25-10-9-13-27(20-25)41-18-19-46-35(41)45/h4-15,20,22,24,28,32-33,43H,16-19,21,23H2,1-3H3/t24-,28?,32+,33-,36+/m0/s1. The summed E-state index contributed by atoms with van der Waals surface area (Å²) in [4.78, 5) is 30.2. The van der Waals surface area contributed by atoms with Crippen molar-refractivity contribution in [3.8, 4) is 0 Å². The minimum atomic E-state index is -3.34. The first-order valence-corrected chi connectivity index (χ1v) is 19.4. The Morgan fingerprint density at radius 3 is 2.56 bits per heavy atom. The van der Waals surface area contributed by atoms with E-state index in [4.69, 9.17) is 9.47 Å². The highest BCUT2D eigenvalue weighted by molar-refractivity contribution is 6.72. The molecule has 1 aromatic heterocycles. The monoisotopic (exact) mass is 669 g/mol. The highest BCUT2D eigenvalue weighted by Gasteiger charge is 2.66. The van der Waals surface area contributed by atoms with Crippen LogP contribution in [0.15, 0.2) is 85.1 Å². The lowest BCUT2D eigenvalue weighted by molar-refractivity contribution is -0.146. The van der Waals surface area contributed by atoms with Crippen LogP contribution in [0.4, 0.5) is 20.3 Å². The van der Waals surface area contributed by atoms with Gasteiger partial charge in [0.1, 0.15) is 6.61 Å². The van der Waals surface area contributed by atoms with Crippen LogP contribution < -0.4 is 9.80 Å². The van der Waals surface area contributed by atoms with E-state index in [-0.39, 0.29) is 31.1 Å². The number of hydrogen-bond acceptors (Lipinski definition) is 7. The molecular formula is C36H40FN5O5Si. The van der Waals surface area contributed by atoms with Gasteiger partial charge in [0.15, 0.2) is 5.60 Å². The summed E-state index contributed by atoms with van der Waals surface area (Å²) in [5.41, 5.74) is 2.88. The van der Waals surface area contributed by atoms with Crippen LogP contribution in [0.5, 0.6) is 0 Å². The van der Waals surface area contributed by atoms with Crippen LogP contribution >= 0.6 is 0 Å². The van der Waals surface area contributed by atoms with E-state index in [1.807, 2.05) is 92.0 Å². The molecule has 3 aliphatic rings. The number of carbonyl (C=O) groups is 2. The van der Waals surface area contributed by atoms with Crippen LogP contribution in [0.1, 0.15) is 41.6 Å². The van der Waals surface area contributed by atoms with Crippen molar-refractivity contribution in [2.45, 2.75) is 62.7 Å². The van der Waals surface area contributed by atoms with E-state index in [0.29, 0.717) is 37.5 Å². The number of aryl methyl sites for hydroxylation is 1. The van der Waals surface area contributed by atoms with Gasteiger partial charge in [-0.05, 0) is 48.8 Å². The molecule has 1 N–H and O–H groups in total. The molecule has 250 valence electrons. The average molecular weight is 670 g/mol. The second-order valence-corrected chi connectivity index (χ2v) is 17.3. The Morgan fingerprint density at radius 1 is 1.06 bits per heavy atom. The number of benzene rings is 3. The molecule has 5 atom stereocenters. The Balaban J connectivity index is 1.15. The lowest BCUT2D eigenvalue weighted by Crippen LogP contribution is -2.45. The van der Waals surface area contributed by atoms with Gasteiger partial charge in [-0.25, -0.2) is 4.79 Å². The van der Waals surface area contributed by atoms with Gasteiger partial charge >= 0.3 is 6.09 Å². The number of amides is 2. The first-order chi connectivity index (χ1) is 23.1. The van der Waals surface area contributed by atoms with E-state index in [9.17, 15) is 14.7 Å². The minimum absolute atomic E-state index is 0.106. The molecule has 0 saturated carbocycles. The predicted octanol–water partition coefficient (Wildman–Crippen LogP) is 5.77. The van der Waals surface area contributed by atoms with Crippen molar-refractivity contribution >= 4 is 31.8 Å². The third-order valence-electron chi connectivity index (χ3n) is 10.1. The summed E-state index contributed by atoms with van der Waals surface area (Å²) in [6.45, 7) is 6.73. The quantitative estimate of drug-likeness (QED) is 0.169. The number of hydrogen-bond donors (Lipinski definition) is 1. The molecule has 3 aromatic carbocycles. The summed E-state index contributed by atoms with van der Waals surface area (Å²) >= 11 is 0. The number of aromatic nitrogens is 3. The molecule has 10 nitrogen and oxygen atoms in total. The van der Waals surface area contributed by atoms with Crippen LogP contribution in [0.2, 0.25) is 18.6 Å². The number of halogens is 1. The number of anilines is 2. The molecule has 1 unspecified atom stereocenters. The highest BCUT2D eigenvalue weighted by Crippen LogP contribution is 2.60.